The molecular weight excluding hydrogens is 264 g/mol. The number of likely N-dealkylation sites (N-methyl/N-ethyl adjacent to an activating group) is 1. The maximum absolute atomic E-state index is 12.9. The quantitative estimate of drug-likeness (QED) is 0.792. The lowest BCUT2D eigenvalue weighted by Gasteiger charge is -2.39. The summed E-state index contributed by atoms with van der Waals surface area (Å²) in [7, 11) is 1.74. The molecule has 2 amide bonds. The molecule has 0 aliphatic carbocycles. The Kier molecular flexibility index (Phi) is 3.70. The molecule has 0 radical (unpaired) electrons. The normalized spacial score (nSPS) is 25.7. The van der Waals surface area contributed by atoms with Crippen LogP contribution in [-0.2, 0) is 16.0 Å². The Balaban J connectivity index is 1.92. The fourth-order valence-corrected chi connectivity index (χ4v) is 3.46. The van der Waals surface area contributed by atoms with Crippen molar-refractivity contribution in [2.75, 3.05) is 20.1 Å². The molecule has 2 aliphatic heterocycles. The van der Waals surface area contributed by atoms with Crippen molar-refractivity contribution in [2.45, 2.75) is 32.2 Å². The lowest BCUT2D eigenvalue weighted by Crippen LogP contribution is -2.49. The van der Waals surface area contributed by atoms with Crippen molar-refractivity contribution in [3.05, 3.63) is 35.4 Å². The van der Waals surface area contributed by atoms with Gasteiger partial charge < -0.3 is 9.80 Å². The highest BCUT2D eigenvalue weighted by Crippen LogP contribution is 2.32. The Morgan fingerprint density at radius 1 is 1.29 bits per heavy atom. The Morgan fingerprint density at radius 3 is 2.81 bits per heavy atom. The van der Waals surface area contributed by atoms with Crippen molar-refractivity contribution < 1.29 is 9.59 Å². The van der Waals surface area contributed by atoms with Gasteiger partial charge in [-0.15, -0.1) is 0 Å². The molecule has 21 heavy (non-hydrogen) atoms. The van der Waals surface area contributed by atoms with Crippen LogP contribution in [0.2, 0.25) is 0 Å². The topological polar surface area (TPSA) is 40.6 Å². The van der Waals surface area contributed by atoms with Crippen molar-refractivity contribution in [1.29, 1.82) is 0 Å². The van der Waals surface area contributed by atoms with Gasteiger partial charge in [-0.05, 0) is 29.9 Å². The summed E-state index contributed by atoms with van der Waals surface area (Å²) in [6.07, 6.45) is 2.63. The second-order valence-electron chi connectivity index (χ2n) is 6.31. The van der Waals surface area contributed by atoms with Gasteiger partial charge in [0.1, 0.15) is 6.04 Å². The Labute approximate surface area is 125 Å². The van der Waals surface area contributed by atoms with Crippen LogP contribution in [-0.4, -0.2) is 41.8 Å². The van der Waals surface area contributed by atoms with E-state index in [4.69, 9.17) is 0 Å². The molecule has 2 atom stereocenters. The number of carbonyl (C=O) groups excluding carboxylic acids is 2. The van der Waals surface area contributed by atoms with Gasteiger partial charge in [-0.25, -0.2) is 0 Å². The highest BCUT2D eigenvalue weighted by Gasteiger charge is 2.37. The minimum Gasteiger partial charge on any atom is -0.340 e. The number of amides is 2. The number of benzene rings is 1. The third-order valence-electron chi connectivity index (χ3n) is 4.67. The van der Waals surface area contributed by atoms with Gasteiger partial charge >= 0.3 is 0 Å². The Bertz CT molecular complexity index is 570. The van der Waals surface area contributed by atoms with Crippen LogP contribution in [0.5, 0.6) is 0 Å². The zero-order valence-electron chi connectivity index (χ0n) is 12.7. The second-order valence-corrected chi connectivity index (χ2v) is 6.31. The van der Waals surface area contributed by atoms with E-state index in [0.717, 1.165) is 30.6 Å². The van der Waals surface area contributed by atoms with Gasteiger partial charge in [0.25, 0.3) is 0 Å². The molecule has 1 fully saturated rings. The minimum atomic E-state index is -0.451. The molecule has 2 unspecified atom stereocenters. The van der Waals surface area contributed by atoms with Crippen molar-refractivity contribution >= 4 is 11.8 Å². The predicted octanol–water partition coefficient (Wildman–Crippen LogP) is 2.00. The Hall–Kier alpha value is -1.84. The molecule has 0 N–H and O–H groups in total. The summed E-state index contributed by atoms with van der Waals surface area (Å²) < 4.78 is 0. The molecule has 4 heteroatoms. The predicted molar refractivity (Wildman–Crippen MR) is 80.6 cm³/mol. The van der Waals surface area contributed by atoms with Crippen molar-refractivity contribution in [3.8, 4) is 0 Å². The average molecular weight is 286 g/mol. The minimum absolute atomic E-state index is 0.0251. The molecular formula is C17H22N2O2. The standard InChI is InChI=1S/C17H22N2O2/c1-12-6-5-9-19(11-12)17(21)16-14-8-4-3-7-13(14)10-15(20)18(16)2/h3-4,7-8,12,16H,5-6,9-11H2,1-2H3. The summed E-state index contributed by atoms with van der Waals surface area (Å²) in [5.41, 5.74) is 1.98. The summed E-state index contributed by atoms with van der Waals surface area (Å²) in [5, 5.41) is 0. The number of rotatable bonds is 1. The van der Waals surface area contributed by atoms with E-state index in [-0.39, 0.29) is 11.8 Å². The number of hydrogen-bond donors (Lipinski definition) is 0. The van der Waals surface area contributed by atoms with E-state index in [1.807, 2.05) is 29.2 Å². The first-order valence-corrected chi connectivity index (χ1v) is 7.70. The van der Waals surface area contributed by atoms with Gasteiger partial charge in [0.15, 0.2) is 0 Å². The molecule has 112 valence electrons. The van der Waals surface area contributed by atoms with Crippen molar-refractivity contribution in [2.24, 2.45) is 5.92 Å². The summed E-state index contributed by atoms with van der Waals surface area (Å²) in [6.45, 7) is 3.80. The lowest BCUT2D eigenvalue weighted by atomic mass is 9.90. The lowest BCUT2D eigenvalue weighted by molar-refractivity contribution is -0.146. The highest BCUT2D eigenvalue weighted by atomic mass is 16.2. The first kappa shape index (κ1) is 14.1. The third kappa shape index (κ3) is 2.55. The highest BCUT2D eigenvalue weighted by molar-refractivity contribution is 5.92. The van der Waals surface area contributed by atoms with Crippen LogP contribution < -0.4 is 0 Å². The molecule has 0 bridgehead atoms. The average Bonchev–Trinajstić information content (AvgIpc) is 2.48. The molecule has 1 aromatic carbocycles. The second kappa shape index (κ2) is 5.51. The first-order chi connectivity index (χ1) is 10.1. The van der Waals surface area contributed by atoms with Crippen LogP contribution >= 0.6 is 0 Å². The molecule has 2 heterocycles. The number of nitrogens with zero attached hydrogens (tertiary/aromatic N) is 2. The van der Waals surface area contributed by atoms with Crippen LogP contribution in [0.1, 0.15) is 36.9 Å². The van der Waals surface area contributed by atoms with E-state index in [2.05, 4.69) is 6.92 Å². The maximum atomic E-state index is 12.9. The van der Waals surface area contributed by atoms with Gasteiger partial charge in [0.05, 0.1) is 6.42 Å². The molecule has 0 saturated carbocycles. The molecule has 1 saturated heterocycles. The summed E-state index contributed by atoms with van der Waals surface area (Å²) in [6, 6.07) is 7.37. The van der Waals surface area contributed by atoms with Gasteiger partial charge in [-0.2, -0.15) is 0 Å². The molecule has 2 aliphatic rings. The monoisotopic (exact) mass is 286 g/mol. The number of likely N-dealkylation sites (tertiary alicyclic amines) is 1. The fraction of sp³-hybridized carbons (Fsp3) is 0.529. The third-order valence-corrected chi connectivity index (χ3v) is 4.67. The molecule has 3 rings (SSSR count). The first-order valence-electron chi connectivity index (χ1n) is 7.70. The molecule has 4 nitrogen and oxygen atoms in total. The Morgan fingerprint density at radius 2 is 2.05 bits per heavy atom. The summed E-state index contributed by atoms with van der Waals surface area (Å²) in [4.78, 5) is 28.7. The van der Waals surface area contributed by atoms with Crippen molar-refractivity contribution in [3.63, 3.8) is 0 Å². The van der Waals surface area contributed by atoms with Gasteiger partial charge in [-0.1, -0.05) is 31.2 Å². The van der Waals surface area contributed by atoms with Gasteiger partial charge in [0, 0.05) is 20.1 Å². The number of piperidine rings is 1. The van der Waals surface area contributed by atoms with Crippen molar-refractivity contribution in [1.82, 2.24) is 9.80 Å². The SMILES string of the molecule is CC1CCCN(C(=O)C2c3ccccc3CC(=O)N2C)C1. The number of hydrogen-bond acceptors (Lipinski definition) is 2. The largest absolute Gasteiger partial charge is 0.340 e. The zero-order valence-corrected chi connectivity index (χ0v) is 12.7. The molecule has 0 spiro atoms. The van der Waals surface area contributed by atoms with E-state index in [9.17, 15) is 9.59 Å². The maximum Gasteiger partial charge on any atom is 0.250 e. The number of fused-ring (bicyclic) bond motifs is 1. The van der Waals surface area contributed by atoms with Gasteiger partial charge in [-0.3, -0.25) is 9.59 Å². The van der Waals surface area contributed by atoms with E-state index in [0.29, 0.717) is 12.3 Å². The number of carbonyl (C=O) groups is 2. The summed E-state index contributed by atoms with van der Waals surface area (Å²) in [5.74, 6) is 0.643. The molecule has 1 aromatic rings. The van der Waals surface area contributed by atoms with Crippen LogP contribution in [0.25, 0.3) is 0 Å². The van der Waals surface area contributed by atoms with Crippen LogP contribution in [0.4, 0.5) is 0 Å². The zero-order chi connectivity index (χ0) is 15.0. The van der Waals surface area contributed by atoms with E-state index < -0.39 is 6.04 Å². The van der Waals surface area contributed by atoms with Crippen LogP contribution in [0, 0.1) is 5.92 Å². The van der Waals surface area contributed by atoms with E-state index >= 15 is 0 Å². The fourth-order valence-electron chi connectivity index (χ4n) is 3.46. The van der Waals surface area contributed by atoms with E-state index in [1.165, 1.54) is 6.42 Å². The molecule has 0 aromatic heterocycles. The smallest absolute Gasteiger partial charge is 0.250 e. The van der Waals surface area contributed by atoms with E-state index in [1.54, 1.807) is 11.9 Å². The summed E-state index contributed by atoms with van der Waals surface area (Å²) >= 11 is 0. The van der Waals surface area contributed by atoms with Crippen LogP contribution in [0.3, 0.4) is 0 Å². The van der Waals surface area contributed by atoms with Crippen LogP contribution in [0.15, 0.2) is 24.3 Å². The van der Waals surface area contributed by atoms with Gasteiger partial charge in [0.2, 0.25) is 11.8 Å².